The van der Waals surface area contributed by atoms with E-state index in [0.717, 1.165) is 11.1 Å². The number of rotatable bonds is 3. The lowest BCUT2D eigenvalue weighted by atomic mass is 9.92. The fourth-order valence-electron chi connectivity index (χ4n) is 2.66. The van der Waals surface area contributed by atoms with Crippen molar-refractivity contribution in [1.29, 1.82) is 0 Å². The Kier molecular flexibility index (Phi) is 3.44. The number of nitrogens with two attached hydrogens (primary N) is 1. The van der Waals surface area contributed by atoms with E-state index in [4.69, 9.17) is 5.73 Å². The number of carbonyl (C=O) groups excluding carboxylic acids is 2. The maximum absolute atomic E-state index is 12.6. The quantitative estimate of drug-likeness (QED) is 0.926. The summed E-state index contributed by atoms with van der Waals surface area (Å²) in [5.74, 6) is -0.650. The topological polar surface area (TPSA) is 63.4 Å². The van der Waals surface area contributed by atoms with Crippen LogP contribution in [-0.4, -0.2) is 22.8 Å². The molecule has 1 unspecified atom stereocenters. The first-order valence-corrected chi connectivity index (χ1v) is 6.80. The molecule has 21 heavy (non-hydrogen) atoms. The minimum Gasteiger partial charge on any atom is -0.368 e. The molecule has 2 amide bonds. The molecule has 2 N–H and O–H groups in total. The van der Waals surface area contributed by atoms with Crippen molar-refractivity contribution < 1.29 is 9.59 Å². The molecule has 0 aromatic heterocycles. The molecule has 0 bridgehead atoms. The summed E-state index contributed by atoms with van der Waals surface area (Å²) in [6.07, 6.45) is 0.421. The van der Waals surface area contributed by atoms with Crippen molar-refractivity contribution in [2.24, 2.45) is 5.73 Å². The summed E-state index contributed by atoms with van der Waals surface area (Å²) >= 11 is 0. The Balaban J connectivity index is 1.97. The van der Waals surface area contributed by atoms with Crippen molar-refractivity contribution in [3.8, 4) is 0 Å². The third-order valence-electron chi connectivity index (χ3n) is 3.73. The number of carbonyl (C=O) groups is 2. The summed E-state index contributed by atoms with van der Waals surface area (Å²) < 4.78 is 0. The molecule has 2 aromatic carbocycles. The molecule has 1 heterocycles. The van der Waals surface area contributed by atoms with E-state index in [9.17, 15) is 9.59 Å². The van der Waals surface area contributed by atoms with Crippen LogP contribution < -0.4 is 5.73 Å². The summed E-state index contributed by atoms with van der Waals surface area (Å²) in [5.41, 5.74) is 7.82. The standard InChI is InChI=1S/C17H15N2O2/c18-16(20)15-10-13-8-4-5-9-14(13)17(21)19(15)11-12-6-2-1-3-7-12/h1-7,9,15H,10-11H2,(H2,18,20). The Bertz CT molecular complexity index is 682. The number of hydrogen-bond donors (Lipinski definition) is 1. The highest BCUT2D eigenvalue weighted by atomic mass is 16.2. The Morgan fingerprint density at radius 1 is 1.24 bits per heavy atom. The maximum atomic E-state index is 12.6. The van der Waals surface area contributed by atoms with Gasteiger partial charge in [0.2, 0.25) is 5.91 Å². The molecule has 1 radical (unpaired) electrons. The summed E-state index contributed by atoms with van der Waals surface area (Å²) in [7, 11) is 0. The fourth-order valence-corrected chi connectivity index (χ4v) is 2.66. The third kappa shape index (κ3) is 2.52. The number of hydrogen-bond acceptors (Lipinski definition) is 2. The van der Waals surface area contributed by atoms with E-state index in [1.165, 1.54) is 0 Å². The lowest BCUT2D eigenvalue weighted by molar-refractivity contribution is -0.122. The fraction of sp³-hybridized carbons (Fsp3) is 0.176. The molecule has 105 valence electrons. The molecule has 0 spiro atoms. The first-order valence-electron chi connectivity index (χ1n) is 6.80. The monoisotopic (exact) mass is 279 g/mol. The average Bonchev–Trinajstić information content (AvgIpc) is 2.51. The summed E-state index contributed by atoms with van der Waals surface area (Å²) in [6.45, 7) is 0.377. The van der Waals surface area contributed by atoms with E-state index in [1.807, 2.05) is 30.3 Å². The van der Waals surface area contributed by atoms with Crippen LogP contribution in [-0.2, 0) is 17.8 Å². The van der Waals surface area contributed by atoms with Gasteiger partial charge in [0.1, 0.15) is 6.04 Å². The zero-order valence-electron chi connectivity index (χ0n) is 11.5. The Morgan fingerprint density at radius 2 is 2.00 bits per heavy atom. The predicted molar refractivity (Wildman–Crippen MR) is 78.3 cm³/mol. The molecule has 1 aliphatic heterocycles. The van der Waals surface area contributed by atoms with Crippen molar-refractivity contribution in [3.05, 3.63) is 71.3 Å². The zero-order valence-corrected chi connectivity index (χ0v) is 11.5. The largest absolute Gasteiger partial charge is 0.368 e. The van der Waals surface area contributed by atoms with Crippen LogP contribution in [0.25, 0.3) is 0 Å². The van der Waals surface area contributed by atoms with Crippen LogP contribution in [0.3, 0.4) is 0 Å². The predicted octanol–water partition coefficient (Wildman–Crippen LogP) is 1.54. The lowest BCUT2D eigenvalue weighted by Crippen LogP contribution is -2.51. The summed E-state index contributed by atoms with van der Waals surface area (Å²) in [5, 5.41) is 0. The van der Waals surface area contributed by atoms with Crippen LogP contribution in [0.1, 0.15) is 21.5 Å². The smallest absolute Gasteiger partial charge is 0.255 e. The Morgan fingerprint density at radius 3 is 2.71 bits per heavy atom. The van der Waals surface area contributed by atoms with Gasteiger partial charge in [-0.2, -0.15) is 0 Å². The molecule has 0 aliphatic carbocycles. The van der Waals surface area contributed by atoms with Crippen LogP contribution in [0.5, 0.6) is 0 Å². The summed E-state index contributed by atoms with van der Waals surface area (Å²) in [4.78, 5) is 25.9. The number of fused-ring (bicyclic) bond motifs is 1. The molecular weight excluding hydrogens is 264 g/mol. The van der Waals surface area contributed by atoms with Gasteiger partial charge in [-0.3, -0.25) is 9.59 Å². The van der Waals surface area contributed by atoms with E-state index in [2.05, 4.69) is 6.07 Å². The highest BCUT2D eigenvalue weighted by Gasteiger charge is 2.35. The van der Waals surface area contributed by atoms with Crippen molar-refractivity contribution in [2.45, 2.75) is 19.0 Å². The zero-order chi connectivity index (χ0) is 14.8. The van der Waals surface area contributed by atoms with Crippen molar-refractivity contribution in [3.63, 3.8) is 0 Å². The molecule has 0 saturated carbocycles. The molecule has 3 rings (SSSR count). The Hall–Kier alpha value is -2.62. The van der Waals surface area contributed by atoms with E-state index in [-0.39, 0.29) is 5.91 Å². The number of amides is 2. The third-order valence-corrected chi connectivity index (χ3v) is 3.73. The van der Waals surface area contributed by atoms with Gasteiger partial charge in [0.15, 0.2) is 0 Å². The van der Waals surface area contributed by atoms with E-state index >= 15 is 0 Å². The maximum Gasteiger partial charge on any atom is 0.255 e. The molecule has 1 aliphatic rings. The van der Waals surface area contributed by atoms with Gasteiger partial charge >= 0.3 is 0 Å². The van der Waals surface area contributed by atoms with Gasteiger partial charge in [-0.15, -0.1) is 0 Å². The van der Waals surface area contributed by atoms with E-state index in [0.29, 0.717) is 18.5 Å². The molecule has 2 aromatic rings. The second-order valence-corrected chi connectivity index (χ2v) is 5.10. The normalized spacial score (nSPS) is 17.4. The van der Waals surface area contributed by atoms with Gasteiger partial charge in [-0.05, 0) is 23.3 Å². The molecule has 4 heteroatoms. The van der Waals surface area contributed by atoms with Crippen LogP contribution >= 0.6 is 0 Å². The average molecular weight is 279 g/mol. The minimum atomic E-state index is -0.621. The van der Waals surface area contributed by atoms with Crippen molar-refractivity contribution in [2.75, 3.05) is 0 Å². The molecule has 0 saturated heterocycles. The van der Waals surface area contributed by atoms with Gasteiger partial charge in [0, 0.05) is 18.5 Å². The van der Waals surface area contributed by atoms with Gasteiger partial charge in [0.25, 0.3) is 5.91 Å². The first-order chi connectivity index (χ1) is 10.2. The second-order valence-electron chi connectivity index (χ2n) is 5.10. The van der Waals surface area contributed by atoms with E-state index < -0.39 is 11.9 Å². The van der Waals surface area contributed by atoms with Crippen LogP contribution in [0.2, 0.25) is 0 Å². The number of benzene rings is 2. The lowest BCUT2D eigenvalue weighted by Gasteiger charge is -2.34. The van der Waals surface area contributed by atoms with Crippen molar-refractivity contribution >= 4 is 11.8 Å². The minimum absolute atomic E-state index is 0.166. The molecule has 4 nitrogen and oxygen atoms in total. The van der Waals surface area contributed by atoms with Gasteiger partial charge < -0.3 is 10.6 Å². The van der Waals surface area contributed by atoms with Crippen LogP contribution in [0, 0.1) is 6.07 Å². The Labute approximate surface area is 123 Å². The van der Waals surface area contributed by atoms with Crippen LogP contribution in [0.15, 0.2) is 48.5 Å². The van der Waals surface area contributed by atoms with Crippen LogP contribution in [0.4, 0.5) is 0 Å². The highest BCUT2D eigenvalue weighted by molar-refractivity contribution is 6.00. The highest BCUT2D eigenvalue weighted by Crippen LogP contribution is 2.24. The molecule has 1 atom stereocenters. The van der Waals surface area contributed by atoms with Crippen molar-refractivity contribution in [1.82, 2.24) is 4.90 Å². The molecular formula is C17H15N2O2. The number of nitrogens with zero attached hydrogens (tertiary/aromatic N) is 1. The number of primary amides is 1. The SMILES string of the molecule is NC(=O)C1Cc2[c]cccc2C(=O)N1Cc1ccccc1. The van der Waals surface area contributed by atoms with E-state index in [1.54, 1.807) is 23.1 Å². The van der Waals surface area contributed by atoms with Gasteiger partial charge in [-0.1, -0.05) is 42.5 Å². The van der Waals surface area contributed by atoms with Gasteiger partial charge in [-0.25, -0.2) is 0 Å². The van der Waals surface area contributed by atoms with Gasteiger partial charge in [0.05, 0.1) is 0 Å². The first kappa shape index (κ1) is 13.4. The summed E-state index contributed by atoms with van der Waals surface area (Å²) in [6, 6.07) is 17.3. The molecule has 0 fully saturated rings. The second kappa shape index (κ2) is 5.40.